The summed E-state index contributed by atoms with van der Waals surface area (Å²) in [5, 5.41) is 3.05. The van der Waals surface area contributed by atoms with Crippen molar-refractivity contribution in [3.63, 3.8) is 0 Å². The van der Waals surface area contributed by atoms with Crippen molar-refractivity contribution < 1.29 is 4.79 Å². The molecular formula is C20H19N3OS. The number of carbonyl (C=O) groups excluding carboxylic acids is 1. The molecule has 5 heteroatoms. The van der Waals surface area contributed by atoms with Crippen LogP contribution in [0.4, 0.5) is 5.69 Å². The van der Waals surface area contributed by atoms with Crippen LogP contribution in [-0.4, -0.2) is 22.4 Å². The van der Waals surface area contributed by atoms with Gasteiger partial charge >= 0.3 is 0 Å². The van der Waals surface area contributed by atoms with Crippen LogP contribution in [0, 0.1) is 5.92 Å². The molecule has 2 aromatic heterocycles. The van der Waals surface area contributed by atoms with Crippen LogP contribution in [0.3, 0.4) is 0 Å². The lowest BCUT2D eigenvalue weighted by Crippen LogP contribution is -2.32. The van der Waals surface area contributed by atoms with E-state index in [4.69, 9.17) is 4.98 Å². The minimum Gasteiger partial charge on any atom is -0.312 e. The number of amides is 1. The second kappa shape index (κ2) is 6.41. The van der Waals surface area contributed by atoms with E-state index >= 15 is 0 Å². The molecular weight excluding hydrogens is 330 g/mol. The SMILES string of the molecule is CC(C)C(=O)N1CCc2cc(-c3csc(-c4cccnc4)n3)ccc21. The normalized spacial score (nSPS) is 13.3. The zero-order valence-electron chi connectivity index (χ0n) is 14.3. The Morgan fingerprint density at radius 3 is 2.88 bits per heavy atom. The molecule has 0 N–H and O–H groups in total. The summed E-state index contributed by atoms with van der Waals surface area (Å²) in [6.45, 7) is 4.67. The zero-order valence-corrected chi connectivity index (χ0v) is 15.1. The standard InChI is InChI=1S/C20H19N3OS/c1-13(2)20(24)23-9-7-15-10-14(5-6-18(15)23)17-12-25-19(22-17)16-4-3-8-21-11-16/h3-6,8,10-13H,7,9H2,1-2H3. The maximum absolute atomic E-state index is 12.3. The Bertz CT molecular complexity index is 918. The maximum Gasteiger partial charge on any atom is 0.229 e. The number of anilines is 1. The van der Waals surface area contributed by atoms with Crippen molar-refractivity contribution in [3.8, 4) is 21.8 Å². The topological polar surface area (TPSA) is 46.1 Å². The van der Waals surface area contributed by atoms with Gasteiger partial charge in [-0.2, -0.15) is 0 Å². The summed E-state index contributed by atoms with van der Waals surface area (Å²) in [4.78, 5) is 23.2. The number of fused-ring (bicyclic) bond motifs is 1. The molecule has 0 aliphatic carbocycles. The molecule has 0 unspecified atom stereocenters. The lowest BCUT2D eigenvalue weighted by atomic mass is 10.1. The van der Waals surface area contributed by atoms with Crippen LogP contribution in [0.5, 0.6) is 0 Å². The average molecular weight is 349 g/mol. The first-order valence-electron chi connectivity index (χ1n) is 8.44. The fourth-order valence-corrected chi connectivity index (χ4v) is 3.95. The maximum atomic E-state index is 12.3. The van der Waals surface area contributed by atoms with Gasteiger partial charge in [-0.15, -0.1) is 11.3 Å². The number of rotatable bonds is 3. The minimum absolute atomic E-state index is 0.0196. The molecule has 1 aliphatic rings. The van der Waals surface area contributed by atoms with E-state index in [1.807, 2.05) is 37.1 Å². The van der Waals surface area contributed by atoms with Crippen LogP contribution < -0.4 is 4.90 Å². The Morgan fingerprint density at radius 1 is 1.24 bits per heavy atom. The average Bonchev–Trinajstić information content (AvgIpc) is 3.28. The van der Waals surface area contributed by atoms with Crippen molar-refractivity contribution in [2.75, 3.05) is 11.4 Å². The van der Waals surface area contributed by atoms with Crippen LogP contribution in [0.25, 0.3) is 21.8 Å². The van der Waals surface area contributed by atoms with Gasteiger partial charge in [0, 0.05) is 47.1 Å². The van der Waals surface area contributed by atoms with Gasteiger partial charge in [0.2, 0.25) is 5.91 Å². The molecule has 126 valence electrons. The third-order valence-corrected chi connectivity index (χ3v) is 5.33. The van der Waals surface area contributed by atoms with E-state index in [0.29, 0.717) is 0 Å². The van der Waals surface area contributed by atoms with E-state index < -0.39 is 0 Å². The minimum atomic E-state index is 0.0196. The van der Waals surface area contributed by atoms with E-state index in [1.54, 1.807) is 17.5 Å². The molecule has 0 bridgehead atoms. The highest BCUT2D eigenvalue weighted by Gasteiger charge is 2.26. The first-order valence-corrected chi connectivity index (χ1v) is 9.32. The Hall–Kier alpha value is -2.53. The number of pyridine rings is 1. The van der Waals surface area contributed by atoms with Crippen LogP contribution in [0.15, 0.2) is 48.1 Å². The lowest BCUT2D eigenvalue weighted by Gasteiger charge is -2.19. The highest BCUT2D eigenvalue weighted by atomic mass is 32.1. The van der Waals surface area contributed by atoms with Gasteiger partial charge in [0.05, 0.1) is 5.69 Å². The van der Waals surface area contributed by atoms with Crippen LogP contribution >= 0.6 is 11.3 Å². The number of hydrogen-bond acceptors (Lipinski definition) is 4. The van der Waals surface area contributed by atoms with E-state index in [0.717, 1.165) is 40.5 Å². The Balaban J connectivity index is 1.64. The van der Waals surface area contributed by atoms with Crippen molar-refractivity contribution in [1.29, 1.82) is 0 Å². The molecule has 1 amide bonds. The fourth-order valence-electron chi connectivity index (χ4n) is 3.13. The second-order valence-corrected chi connectivity index (χ2v) is 7.38. The number of benzene rings is 1. The summed E-state index contributed by atoms with van der Waals surface area (Å²) < 4.78 is 0. The van der Waals surface area contributed by atoms with E-state index in [2.05, 4.69) is 28.6 Å². The molecule has 0 spiro atoms. The fraction of sp³-hybridized carbons (Fsp3) is 0.250. The smallest absolute Gasteiger partial charge is 0.229 e. The predicted octanol–water partition coefficient (Wildman–Crippen LogP) is 4.42. The molecule has 3 aromatic rings. The lowest BCUT2D eigenvalue weighted by molar-refractivity contribution is -0.121. The predicted molar refractivity (Wildman–Crippen MR) is 102 cm³/mol. The van der Waals surface area contributed by atoms with Crippen LogP contribution in [0.2, 0.25) is 0 Å². The van der Waals surface area contributed by atoms with Gasteiger partial charge in [0.1, 0.15) is 5.01 Å². The summed E-state index contributed by atoms with van der Waals surface area (Å²) in [5.41, 5.74) is 5.38. The molecule has 4 nitrogen and oxygen atoms in total. The third-order valence-electron chi connectivity index (χ3n) is 4.44. The summed E-state index contributed by atoms with van der Waals surface area (Å²) >= 11 is 1.62. The molecule has 1 aliphatic heterocycles. The summed E-state index contributed by atoms with van der Waals surface area (Å²) in [6, 6.07) is 10.2. The highest BCUT2D eigenvalue weighted by molar-refractivity contribution is 7.13. The molecule has 0 radical (unpaired) electrons. The van der Waals surface area contributed by atoms with Gasteiger partial charge in [0.15, 0.2) is 0 Å². The van der Waals surface area contributed by atoms with Crippen molar-refractivity contribution in [3.05, 3.63) is 53.7 Å². The molecule has 0 atom stereocenters. The number of carbonyl (C=O) groups is 1. The number of aromatic nitrogens is 2. The number of nitrogens with zero attached hydrogens (tertiary/aromatic N) is 3. The van der Waals surface area contributed by atoms with Crippen molar-refractivity contribution in [2.24, 2.45) is 5.92 Å². The number of thiazole rings is 1. The van der Waals surface area contributed by atoms with Gasteiger partial charge in [0.25, 0.3) is 0 Å². The van der Waals surface area contributed by atoms with Gasteiger partial charge in [-0.25, -0.2) is 4.98 Å². The third kappa shape index (κ3) is 2.96. The molecule has 4 rings (SSSR count). The highest BCUT2D eigenvalue weighted by Crippen LogP contribution is 2.34. The van der Waals surface area contributed by atoms with E-state index in [-0.39, 0.29) is 11.8 Å². The largest absolute Gasteiger partial charge is 0.312 e. The van der Waals surface area contributed by atoms with Crippen LogP contribution in [0.1, 0.15) is 19.4 Å². The molecule has 0 saturated carbocycles. The summed E-state index contributed by atoms with van der Waals surface area (Å²) in [7, 11) is 0. The quantitative estimate of drug-likeness (QED) is 0.703. The zero-order chi connectivity index (χ0) is 17.4. The Kier molecular flexibility index (Phi) is 4.09. The van der Waals surface area contributed by atoms with Crippen molar-refractivity contribution in [1.82, 2.24) is 9.97 Å². The molecule has 0 fully saturated rings. The first-order chi connectivity index (χ1) is 12.1. The Morgan fingerprint density at radius 2 is 2.12 bits per heavy atom. The van der Waals surface area contributed by atoms with Gasteiger partial charge in [-0.05, 0) is 36.2 Å². The van der Waals surface area contributed by atoms with Crippen LogP contribution in [-0.2, 0) is 11.2 Å². The molecule has 1 aromatic carbocycles. The van der Waals surface area contributed by atoms with Gasteiger partial charge in [-0.1, -0.05) is 19.9 Å². The van der Waals surface area contributed by atoms with Gasteiger partial charge in [-0.3, -0.25) is 9.78 Å². The monoisotopic (exact) mass is 349 g/mol. The molecule has 3 heterocycles. The van der Waals surface area contributed by atoms with Gasteiger partial charge < -0.3 is 4.90 Å². The summed E-state index contributed by atoms with van der Waals surface area (Å²) in [6.07, 6.45) is 4.50. The first kappa shape index (κ1) is 16.0. The Labute approximate surface area is 151 Å². The van der Waals surface area contributed by atoms with E-state index in [9.17, 15) is 4.79 Å². The molecule has 25 heavy (non-hydrogen) atoms. The molecule has 0 saturated heterocycles. The van der Waals surface area contributed by atoms with Crippen molar-refractivity contribution in [2.45, 2.75) is 20.3 Å². The van der Waals surface area contributed by atoms with Crippen molar-refractivity contribution >= 4 is 22.9 Å². The summed E-state index contributed by atoms with van der Waals surface area (Å²) in [5.74, 6) is 0.213. The van der Waals surface area contributed by atoms with E-state index in [1.165, 1.54) is 5.56 Å². The number of hydrogen-bond donors (Lipinski definition) is 0. The second-order valence-electron chi connectivity index (χ2n) is 6.52.